The number of H-pyrrole nitrogens is 1. The Labute approximate surface area is 131 Å². The van der Waals surface area contributed by atoms with Crippen molar-refractivity contribution in [2.24, 2.45) is 0 Å². The predicted molar refractivity (Wildman–Crippen MR) is 82.8 cm³/mol. The molecule has 0 bridgehead atoms. The van der Waals surface area contributed by atoms with Gasteiger partial charge in [0.2, 0.25) is 5.91 Å². The Hall–Kier alpha value is -2.02. The van der Waals surface area contributed by atoms with Crippen molar-refractivity contribution in [2.45, 2.75) is 37.4 Å². The Bertz CT molecular complexity index is 709. The number of nitrogens with one attached hydrogen (secondary N) is 2. The lowest BCUT2D eigenvalue weighted by molar-refractivity contribution is -0.118. The van der Waals surface area contributed by atoms with E-state index in [2.05, 4.69) is 15.3 Å². The minimum absolute atomic E-state index is 0.0665. The molecule has 116 valence electrons. The van der Waals surface area contributed by atoms with E-state index in [1.54, 1.807) is 18.4 Å². The number of hydrogen-bond donors (Lipinski definition) is 2. The van der Waals surface area contributed by atoms with Gasteiger partial charge >= 0.3 is 0 Å². The molecule has 1 aliphatic rings. The summed E-state index contributed by atoms with van der Waals surface area (Å²) in [4.78, 5) is 31.0. The van der Waals surface area contributed by atoms with Gasteiger partial charge in [-0.15, -0.1) is 0 Å². The second-order valence-electron chi connectivity index (χ2n) is 5.15. The van der Waals surface area contributed by atoms with Crippen molar-refractivity contribution < 1.29 is 9.21 Å². The predicted octanol–water partition coefficient (Wildman–Crippen LogP) is 1.65. The average molecular weight is 319 g/mol. The average Bonchev–Trinajstić information content (AvgIpc) is 3.04. The third-order valence-electron chi connectivity index (χ3n) is 3.55. The van der Waals surface area contributed by atoms with Crippen LogP contribution in [-0.2, 0) is 24.2 Å². The number of aryl methyl sites for hydroxylation is 1. The van der Waals surface area contributed by atoms with Crippen molar-refractivity contribution in [1.82, 2.24) is 15.3 Å². The molecule has 7 heteroatoms. The number of furan rings is 1. The maximum absolute atomic E-state index is 12.0. The highest BCUT2D eigenvalue weighted by molar-refractivity contribution is 7.99. The smallest absolute Gasteiger partial charge is 0.254 e. The lowest BCUT2D eigenvalue weighted by atomic mass is 9.97. The number of aromatic amines is 1. The summed E-state index contributed by atoms with van der Waals surface area (Å²) >= 11 is 1.24. The van der Waals surface area contributed by atoms with Gasteiger partial charge in [-0.25, -0.2) is 4.98 Å². The van der Waals surface area contributed by atoms with Gasteiger partial charge in [0, 0.05) is 5.56 Å². The van der Waals surface area contributed by atoms with Gasteiger partial charge in [-0.1, -0.05) is 11.8 Å². The molecule has 0 saturated heterocycles. The first-order chi connectivity index (χ1) is 10.7. The molecule has 0 unspecified atom stereocenters. The van der Waals surface area contributed by atoms with Crippen LogP contribution in [0.25, 0.3) is 0 Å². The lowest BCUT2D eigenvalue weighted by Crippen LogP contribution is -2.25. The summed E-state index contributed by atoms with van der Waals surface area (Å²) in [6.07, 6.45) is 5.32. The summed E-state index contributed by atoms with van der Waals surface area (Å²) in [6.45, 7) is 0.362. The van der Waals surface area contributed by atoms with Crippen LogP contribution < -0.4 is 10.9 Å². The SMILES string of the molecule is O=C(CSc1nc2c(c(=O)[nH]1)CCCC2)NCc1ccco1. The van der Waals surface area contributed by atoms with Crippen molar-refractivity contribution in [2.75, 3.05) is 5.75 Å². The largest absolute Gasteiger partial charge is 0.467 e. The number of aromatic nitrogens is 2. The van der Waals surface area contributed by atoms with E-state index in [4.69, 9.17) is 4.42 Å². The third-order valence-corrected chi connectivity index (χ3v) is 4.42. The number of fused-ring (bicyclic) bond motifs is 1. The Morgan fingerprint density at radius 1 is 1.41 bits per heavy atom. The molecule has 22 heavy (non-hydrogen) atoms. The molecule has 6 nitrogen and oxygen atoms in total. The molecule has 0 aromatic carbocycles. The molecule has 2 aromatic rings. The standard InChI is InChI=1S/C15H17N3O3S/c19-13(16-8-10-4-3-7-21-10)9-22-15-17-12-6-2-1-5-11(12)14(20)18-15/h3-4,7H,1-2,5-6,8-9H2,(H,16,19)(H,17,18,20). The van der Waals surface area contributed by atoms with E-state index in [0.29, 0.717) is 17.5 Å². The summed E-state index contributed by atoms with van der Waals surface area (Å²) in [5.74, 6) is 0.794. The molecular weight excluding hydrogens is 302 g/mol. The number of amides is 1. The highest BCUT2D eigenvalue weighted by atomic mass is 32.2. The van der Waals surface area contributed by atoms with Gasteiger partial charge in [0.15, 0.2) is 5.16 Å². The minimum atomic E-state index is -0.123. The summed E-state index contributed by atoms with van der Waals surface area (Å²) < 4.78 is 5.14. The quantitative estimate of drug-likeness (QED) is 0.646. The third kappa shape index (κ3) is 3.59. The van der Waals surface area contributed by atoms with E-state index < -0.39 is 0 Å². The van der Waals surface area contributed by atoms with Crippen LogP contribution in [0.2, 0.25) is 0 Å². The van der Waals surface area contributed by atoms with Gasteiger partial charge in [-0.3, -0.25) is 9.59 Å². The summed E-state index contributed by atoms with van der Waals surface area (Å²) in [5.41, 5.74) is 1.62. The molecule has 2 heterocycles. The van der Waals surface area contributed by atoms with Crippen LogP contribution in [0.5, 0.6) is 0 Å². The number of carbonyl (C=O) groups excluding carboxylic acids is 1. The second-order valence-corrected chi connectivity index (χ2v) is 6.11. The van der Waals surface area contributed by atoms with E-state index in [1.165, 1.54) is 11.8 Å². The van der Waals surface area contributed by atoms with Crippen LogP contribution in [0.3, 0.4) is 0 Å². The molecule has 0 radical (unpaired) electrons. The second kappa shape index (κ2) is 6.83. The molecule has 2 aromatic heterocycles. The van der Waals surface area contributed by atoms with Crippen LogP contribution >= 0.6 is 11.8 Å². The summed E-state index contributed by atoms with van der Waals surface area (Å²) in [5, 5.41) is 3.27. The first-order valence-electron chi connectivity index (χ1n) is 7.26. The maximum Gasteiger partial charge on any atom is 0.254 e. The van der Waals surface area contributed by atoms with Crippen molar-refractivity contribution in [1.29, 1.82) is 0 Å². The molecule has 0 atom stereocenters. The van der Waals surface area contributed by atoms with E-state index >= 15 is 0 Å². The molecule has 3 rings (SSSR count). The maximum atomic E-state index is 12.0. The molecule has 0 fully saturated rings. The van der Waals surface area contributed by atoms with Crippen molar-refractivity contribution in [3.8, 4) is 0 Å². The molecule has 1 aliphatic carbocycles. The lowest BCUT2D eigenvalue weighted by Gasteiger charge is -2.14. The first kappa shape index (κ1) is 14.9. The minimum Gasteiger partial charge on any atom is -0.467 e. The summed E-state index contributed by atoms with van der Waals surface area (Å²) in [6, 6.07) is 3.58. The number of carbonyl (C=O) groups is 1. The Morgan fingerprint density at radius 2 is 2.27 bits per heavy atom. The molecular formula is C15H17N3O3S. The monoisotopic (exact) mass is 319 g/mol. The number of hydrogen-bond acceptors (Lipinski definition) is 5. The number of thioether (sulfide) groups is 1. The fraction of sp³-hybridized carbons (Fsp3) is 0.400. The highest BCUT2D eigenvalue weighted by Gasteiger charge is 2.16. The number of nitrogens with zero attached hydrogens (tertiary/aromatic N) is 1. The van der Waals surface area contributed by atoms with Gasteiger partial charge in [0.1, 0.15) is 5.76 Å². The van der Waals surface area contributed by atoms with Gasteiger partial charge in [-0.05, 0) is 37.8 Å². The van der Waals surface area contributed by atoms with Gasteiger partial charge in [-0.2, -0.15) is 0 Å². The first-order valence-corrected chi connectivity index (χ1v) is 8.25. The van der Waals surface area contributed by atoms with Gasteiger partial charge in [0.05, 0.1) is 24.3 Å². The highest BCUT2D eigenvalue weighted by Crippen LogP contribution is 2.19. The van der Waals surface area contributed by atoms with Gasteiger partial charge in [0.25, 0.3) is 5.56 Å². The Balaban J connectivity index is 1.56. The summed E-state index contributed by atoms with van der Waals surface area (Å²) in [7, 11) is 0. The fourth-order valence-electron chi connectivity index (χ4n) is 2.43. The van der Waals surface area contributed by atoms with E-state index in [1.807, 2.05) is 0 Å². The zero-order valence-electron chi connectivity index (χ0n) is 12.1. The molecule has 0 aliphatic heterocycles. The molecule has 0 spiro atoms. The van der Waals surface area contributed by atoms with Gasteiger partial charge < -0.3 is 14.7 Å². The van der Waals surface area contributed by atoms with Crippen molar-refractivity contribution in [3.05, 3.63) is 45.8 Å². The van der Waals surface area contributed by atoms with Crippen LogP contribution in [0.15, 0.2) is 32.8 Å². The van der Waals surface area contributed by atoms with E-state index in [9.17, 15) is 9.59 Å². The molecule has 2 N–H and O–H groups in total. The zero-order valence-corrected chi connectivity index (χ0v) is 12.9. The van der Waals surface area contributed by atoms with Crippen molar-refractivity contribution >= 4 is 17.7 Å². The van der Waals surface area contributed by atoms with E-state index in [0.717, 1.165) is 36.9 Å². The van der Waals surface area contributed by atoms with Crippen LogP contribution in [0.1, 0.15) is 29.9 Å². The van der Waals surface area contributed by atoms with E-state index in [-0.39, 0.29) is 17.2 Å². The molecule has 0 saturated carbocycles. The number of rotatable bonds is 5. The zero-order chi connectivity index (χ0) is 15.4. The Kier molecular flexibility index (Phi) is 4.62. The fourth-order valence-corrected chi connectivity index (χ4v) is 3.14. The van der Waals surface area contributed by atoms with Crippen LogP contribution in [-0.4, -0.2) is 21.6 Å². The molecule has 1 amide bonds. The topological polar surface area (TPSA) is 88.0 Å². The van der Waals surface area contributed by atoms with Crippen molar-refractivity contribution in [3.63, 3.8) is 0 Å². The van der Waals surface area contributed by atoms with Crippen LogP contribution in [0, 0.1) is 0 Å². The normalized spacial score (nSPS) is 13.6. The Morgan fingerprint density at radius 3 is 3.09 bits per heavy atom. The van der Waals surface area contributed by atoms with Crippen LogP contribution in [0.4, 0.5) is 0 Å².